The second-order valence-electron chi connectivity index (χ2n) is 16.2. The Bertz CT molecular complexity index is 1180. The summed E-state index contributed by atoms with van der Waals surface area (Å²) in [4.78, 5) is 0. The Hall–Kier alpha value is 0.550. The van der Waals surface area contributed by atoms with E-state index in [0.29, 0.717) is 25.7 Å². The fourth-order valence-electron chi connectivity index (χ4n) is 11.2. The van der Waals surface area contributed by atoms with Gasteiger partial charge in [0.2, 0.25) is 10.4 Å². The molecule has 268 valence electrons. The van der Waals surface area contributed by atoms with Crippen LogP contribution in [0.2, 0.25) is 0 Å². The Morgan fingerprint density at radius 1 is 0.979 bits per heavy atom. The molecule has 0 aromatic carbocycles. The second kappa shape index (κ2) is 14.9. The van der Waals surface area contributed by atoms with Crippen LogP contribution in [0.4, 0.5) is 0 Å². The van der Waals surface area contributed by atoms with Crippen molar-refractivity contribution in [2.45, 2.75) is 147 Å². The molecular weight excluding hydrogens is 643 g/mol. The third-order valence-electron chi connectivity index (χ3n) is 13.3. The van der Waals surface area contributed by atoms with E-state index in [2.05, 4.69) is 25.0 Å². The van der Waals surface area contributed by atoms with E-state index in [0.717, 1.165) is 25.7 Å². The van der Waals surface area contributed by atoms with Crippen LogP contribution in [0.25, 0.3) is 0 Å². The zero-order valence-electron chi connectivity index (χ0n) is 29.2. The van der Waals surface area contributed by atoms with Gasteiger partial charge < -0.3 is 44.3 Å². The van der Waals surface area contributed by atoms with Crippen LogP contribution >= 0.6 is 0 Å². The van der Waals surface area contributed by atoms with Crippen LogP contribution in [-0.4, -0.2) is 107 Å². The van der Waals surface area contributed by atoms with Gasteiger partial charge in [-0.25, -0.2) is 8.42 Å². The third-order valence-corrected chi connectivity index (χ3v) is 13.8. The minimum absolute atomic E-state index is 0. The third kappa shape index (κ3) is 7.56. The SMILES string of the molecule is COC1C(O)[C@H](O[C@@H](CC[C@@H](C)[C@H]2C[C@H](O)[C@@H]3[C@]2(C)CC[C@@H]2[C@@]4(C)CC[C@H](O)C[C@@H]4[C@@H](O)C[C@]23O)C(C)C)OC[C@H]1OS(=O)(=O)[O-].[Na+]. The molecule has 1 heterocycles. The smallest absolute Gasteiger partial charge is 0.726 e. The van der Waals surface area contributed by atoms with E-state index in [9.17, 15) is 38.5 Å². The van der Waals surface area contributed by atoms with Gasteiger partial charge in [-0.1, -0.05) is 34.6 Å². The summed E-state index contributed by atoms with van der Waals surface area (Å²) in [6, 6.07) is 0. The molecule has 4 aliphatic carbocycles. The van der Waals surface area contributed by atoms with Crippen molar-refractivity contribution in [1.82, 2.24) is 0 Å². The predicted octanol–water partition coefficient (Wildman–Crippen LogP) is -0.898. The average molecular weight is 701 g/mol. The van der Waals surface area contributed by atoms with Gasteiger partial charge in [-0.3, -0.25) is 4.18 Å². The van der Waals surface area contributed by atoms with Crippen molar-refractivity contribution in [2.75, 3.05) is 13.7 Å². The first-order chi connectivity index (χ1) is 21.4. The molecule has 47 heavy (non-hydrogen) atoms. The summed E-state index contributed by atoms with van der Waals surface area (Å²) in [5.41, 5.74) is -1.79. The minimum Gasteiger partial charge on any atom is -0.726 e. The zero-order valence-corrected chi connectivity index (χ0v) is 32.0. The van der Waals surface area contributed by atoms with E-state index >= 15 is 0 Å². The molecular formula is C33H57NaO12S. The number of ether oxygens (including phenoxy) is 3. The van der Waals surface area contributed by atoms with Crippen LogP contribution in [0.3, 0.4) is 0 Å². The summed E-state index contributed by atoms with van der Waals surface area (Å²) in [5, 5.41) is 56.8. The van der Waals surface area contributed by atoms with Gasteiger partial charge in [0.1, 0.15) is 18.3 Å². The monoisotopic (exact) mass is 700 g/mol. The Kier molecular flexibility index (Phi) is 12.8. The first-order valence-electron chi connectivity index (χ1n) is 17.2. The van der Waals surface area contributed by atoms with Crippen LogP contribution in [0, 0.1) is 46.3 Å². The topological polar surface area (TPSA) is 195 Å². The maximum atomic E-state index is 12.5. The molecule has 16 atom stereocenters. The van der Waals surface area contributed by atoms with E-state index in [4.69, 9.17) is 14.2 Å². The number of methoxy groups -OCH3 is 1. The summed E-state index contributed by atoms with van der Waals surface area (Å²) in [6.45, 7) is 10.3. The molecule has 0 aromatic rings. The fourth-order valence-corrected chi connectivity index (χ4v) is 11.6. The molecule has 0 amide bonds. The van der Waals surface area contributed by atoms with E-state index in [-0.39, 0.29) is 95.0 Å². The van der Waals surface area contributed by atoms with Crippen LogP contribution in [-0.2, 0) is 28.8 Å². The maximum Gasteiger partial charge on any atom is 1.00 e. The Morgan fingerprint density at radius 3 is 2.26 bits per heavy atom. The van der Waals surface area contributed by atoms with Gasteiger partial charge in [0.25, 0.3) is 0 Å². The Labute approximate surface area is 302 Å². The first kappa shape index (κ1) is 40.3. The summed E-state index contributed by atoms with van der Waals surface area (Å²) in [6.07, 6.45) is -1.19. The fraction of sp³-hybridized carbons (Fsp3) is 1.00. The molecule has 5 fully saturated rings. The van der Waals surface area contributed by atoms with Gasteiger partial charge in [-0.15, -0.1) is 0 Å². The standard InChI is InChI=1S/C33H58O12S.Na/c1-17(2)24(44-30-27(37)28(42-6)25(16-43-30)45-46(39,40)41)8-7-18(3)20-14-22(35)29-32(20,5)12-10-26-31(4)11-9-19(34)13-21(31)23(36)15-33(26,29)38;/h17-30,34-38H,7-16H2,1-6H3,(H,39,40,41);/q;+1/p-1/t18-,19+,20-,21-,22+,23+,24+,25-,26-,27?,28?,29-,30+,31+,32-,33+;/m1./s1. The molecule has 0 radical (unpaired) electrons. The predicted molar refractivity (Wildman–Crippen MR) is 165 cm³/mol. The van der Waals surface area contributed by atoms with E-state index in [1.807, 2.05) is 13.8 Å². The zero-order chi connectivity index (χ0) is 34.0. The van der Waals surface area contributed by atoms with E-state index in [1.165, 1.54) is 7.11 Å². The summed E-state index contributed by atoms with van der Waals surface area (Å²) in [7, 11) is -3.75. The Balaban J connectivity index is 0.00000500. The number of fused-ring (bicyclic) bond motifs is 5. The first-order valence-corrected chi connectivity index (χ1v) is 18.6. The second-order valence-corrected chi connectivity index (χ2v) is 17.2. The molecule has 0 spiro atoms. The van der Waals surface area contributed by atoms with Crippen molar-refractivity contribution in [3.8, 4) is 0 Å². The normalized spacial score (nSPS) is 48.1. The van der Waals surface area contributed by atoms with Crippen LogP contribution < -0.4 is 29.6 Å². The van der Waals surface area contributed by atoms with Gasteiger partial charge in [0.15, 0.2) is 6.29 Å². The average Bonchev–Trinajstić information content (AvgIpc) is 3.23. The van der Waals surface area contributed by atoms with Crippen LogP contribution in [0.1, 0.15) is 92.4 Å². The number of hydrogen-bond acceptors (Lipinski definition) is 12. The van der Waals surface area contributed by atoms with E-state index < -0.39 is 58.9 Å². The molecule has 5 N–H and O–H groups in total. The molecule has 2 unspecified atom stereocenters. The van der Waals surface area contributed by atoms with Crippen molar-refractivity contribution in [1.29, 1.82) is 0 Å². The van der Waals surface area contributed by atoms with Crippen molar-refractivity contribution >= 4 is 10.4 Å². The van der Waals surface area contributed by atoms with Crippen LogP contribution in [0.5, 0.6) is 0 Å². The van der Waals surface area contributed by atoms with Gasteiger partial charge in [-0.2, -0.15) is 0 Å². The summed E-state index contributed by atoms with van der Waals surface area (Å²) >= 11 is 0. The van der Waals surface area contributed by atoms with Gasteiger partial charge in [-0.05, 0) is 91.8 Å². The molecule has 5 rings (SSSR count). The van der Waals surface area contributed by atoms with E-state index in [1.54, 1.807) is 0 Å². The van der Waals surface area contributed by atoms with Gasteiger partial charge in [0.05, 0.1) is 36.6 Å². The Morgan fingerprint density at radius 2 is 1.64 bits per heavy atom. The number of aliphatic hydroxyl groups excluding tert-OH is 4. The van der Waals surface area contributed by atoms with Crippen molar-refractivity contribution in [3.63, 3.8) is 0 Å². The summed E-state index contributed by atoms with van der Waals surface area (Å²) < 4.78 is 55.0. The number of hydrogen-bond donors (Lipinski definition) is 5. The molecule has 5 aliphatic rings. The van der Waals surface area contributed by atoms with Gasteiger partial charge >= 0.3 is 29.6 Å². The number of rotatable bonds is 10. The van der Waals surface area contributed by atoms with Crippen LogP contribution in [0.15, 0.2) is 0 Å². The largest absolute Gasteiger partial charge is 1.00 e. The molecule has 12 nitrogen and oxygen atoms in total. The van der Waals surface area contributed by atoms with Crippen molar-refractivity contribution in [2.24, 2.45) is 46.3 Å². The maximum absolute atomic E-state index is 12.5. The minimum atomic E-state index is -5.03. The molecule has 4 saturated carbocycles. The molecule has 1 aliphatic heterocycles. The summed E-state index contributed by atoms with van der Waals surface area (Å²) in [5.74, 6) is -0.0793. The van der Waals surface area contributed by atoms with Crippen molar-refractivity contribution in [3.05, 3.63) is 0 Å². The number of aliphatic hydroxyl groups is 5. The quantitative estimate of drug-likeness (QED) is 0.107. The van der Waals surface area contributed by atoms with Gasteiger partial charge in [0, 0.05) is 19.4 Å². The molecule has 14 heteroatoms. The molecule has 0 aromatic heterocycles. The van der Waals surface area contributed by atoms with Crippen molar-refractivity contribution < 1.29 is 86.5 Å². The molecule has 1 saturated heterocycles. The molecule has 0 bridgehead atoms.